The van der Waals surface area contributed by atoms with Crippen LogP contribution < -0.4 is 16.6 Å². The first-order valence-corrected chi connectivity index (χ1v) is 6.84. The topological polar surface area (TPSA) is 71.7 Å². The van der Waals surface area contributed by atoms with Crippen LogP contribution in [0.2, 0.25) is 0 Å². The highest BCUT2D eigenvalue weighted by Gasteiger charge is 2.26. The van der Waals surface area contributed by atoms with E-state index < -0.39 is 0 Å². The number of methoxy groups -OCH3 is 1. The number of hydrazine groups is 1. The molecule has 0 bridgehead atoms. The van der Waals surface area contributed by atoms with Crippen molar-refractivity contribution in [3.8, 4) is 0 Å². The Morgan fingerprint density at radius 1 is 1.39 bits per heavy atom. The van der Waals surface area contributed by atoms with Crippen LogP contribution in [0, 0.1) is 5.41 Å². The molecule has 0 aliphatic heterocycles. The number of hydrogen-bond acceptors (Lipinski definition) is 3. The van der Waals surface area contributed by atoms with Gasteiger partial charge in [-0.15, -0.1) is 0 Å². The summed E-state index contributed by atoms with van der Waals surface area (Å²) in [5.74, 6) is 6.19. The summed E-state index contributed by atoms with van der Waals surface area (Å²) in [5.41, 5.74) is 3.14. The number of guanidine groups is 1. The summed E-state index contributed by atoms with van der Waals surface area (Å²) in [5, 5.41) is 3.39. The predicted octanol–water partition coefficient (Wildman–Crippen LogP) is 1.40. The SMILES string of the molecule is COCCCN=C(NN)NC1CCC(C)(C)CC1. The van der Waals surface area contributed by atoms with E-state index in [9.17, 15) is 0 Å². The van der Waals surface area contributed by atoms with Crippen LogP contribution >= 0.6 is 0 Å². The van der Waals surface area contributed by atoms with E-state index in [-0.39, 0.29) is 0 Å². The largest absolute Gasteiger partial charge is 0.385 e. The lowest BCUT2D eigenvalue weighted by Crippen LogP contribution is -2.48. The van der Waals surface area contributed by atoms with Gasteiger partial charge in [-0.2, -0.15) is 0 Å². The Morgan fingerprint density at radius 2 is 2.06 bits per heavy atom. The molecule has 0 atom stereocenters. The van der Waals surface area contributed by atoms with Crippen molar-refractivity contribution in [2.75, 3.05) is 20.3 Å². The Hall–Kier alpha value is -0.810. The van der Waals surface area contributed by atoms with Crippen LogP contribution in [0.15, 0.2) is 4.99 Å². The summed E-state index contributed by atoms with van der Waals surface area (Å²) < 4.78 is 4.99. The lowest BCUT2D eigenvalue weighted by Gasteiger charge is -2.35. The summed E-state index contributed by atoms with van der Waals surface area (Å²) in [4.78, 5) is 4.40. The van der Waals surface area contributed by atoms with E-state index in [2.05, 4.69) is 29.6 Å². The molecule has 0 saturated heterocycles. The molecule has 1 fully saturated rings. The highest BCUT2D eigenvalue weighted by molar-refractivity contribution is 5.79. The Kier molecular flexibility index (Phi) is 6.43. The van der Waals surface area contributed by atoms with Gasteiger partial charge in [-0.05, 0) is 37.5 Å². The first-order chi connectivity index (χ1) is 8.57. The number of nitrogens with one attached hydrogen (secondary N) is 2. The van der Waals surface area contributed by atoms with E-state index in [0.29, 0.717) is 17.4 Å². The summed E-state index contributed by atoms with van der Waals surface area (Å²) in [6.07, 6.45) is 5.80. The van der Waals surface area contributed by atoms with Crippen LogP contribution in [-0.4, -0.2) is 32.3 Å². The molecule has 4 N–H and O–H groups in total. The quantitative estimate of drug-likeness (QED) is 0.229. The van der Waals surface area contributed by atoms with Crippen molar-refractivity contribution in [2.45, 2.75) is 52.0 Å². The Morgan fingerprint density at radius 3 is 2.61 bits per heavy atom. The fourth-order valence-corrected chi connectivity index (χ4v) is 2.27. The molecule has 0 radical (unpaired) electrons. The zero-order chi connectivity index (χ0) is 13.4. The second-order valence-electron chi connectivity index (χ2n) is 5.80. The molecule has 5 nitrogen and oxygen atoms in total. The van der Waals surface area contributed by atoms with Crippen molar-refractivity contribution < 1.29 is 4.74 Å². The van der Waals surface area contributed by atoms with Gasteiger partial charge < -0.3 is 10.1 Å². The molecule has 0 aromatic heterocycles. The first kappa shape index (κ1) is 15.2. The standard InChI is InChI=1S/C13H28N4O/c1-13(2)7-5-11(6-8-13)16-12(17-14)15-9-4-10-18-3/h11H,4-10,14H2,1-3H3,(H2,15,16,17). The van der Waals surface area contributed by atoms with Crippen LogP contribution in [0.5, 0.6) is 0 Å². The van der Waals surface area contributed by atoms with Crippen molar-refractivity contribution in [3.05, 3.63) is 0 Å². The van der Waals surface area contributed by atoms with Crippen LogP contribution in [0.3, 0.4) is 0 Å². The van der Waals surface area contributed by atoms with Gasteiger partial charge in [0.15, 0.2) is 0 Å². The molecule has 1 aliphatic rings. The van der Waals surface area contributed by atoms with Gasteiger partial charge in [-0.3, -0.25) is 10.4 Å². The van der Waals surface area contributed by atoms with E-state index >= 15 is 0 Å². The van der Waals surface area contributed by atoms with Crippen LogP contribution in [-0.2, 0) is 4.74 Å². The van der Waals surface area contributed by atoms with E-state index in [4.69, 9.17) is 10.6 Å². The molecule has 0 heterocycles. The minimum Gasteiger partial charge on any atom is -0.385 e. The average Bonchev–Trinajstić information content (AvgIpc) is 2.35. The lowest BCUT2D eigenvalue weighted by molar-refractivity contribution is 0.197. The van der Waals surface area contributed by atoms with Crippen LogP contribution in [0.1, 0.15) is 46.0 Å². The van der Waals surface area contributed by atoms with E-state index in [1.54, 1.807) is 7.11 Å². The molecule has 0 unspecified atom stereocenters. The van der Waals surface area contributed by atoms with Crippen molar-refractivity contribution in [1.82, 2.24) is 10.7 Å². The average molecular weight is 256 g/mol. The number of hydrogen-bond donors (Lipinski definition) is 3. The van der Waals surface area contributed by atoms with Crippen LogP contribution in [0.4, 0.5) is 0 Å². The fourth-order valence-electron chi connectivity index (χ4n) is 2.27. The second-order valence-corrected chi connectivity index (χ2v) is 5.80. The van der Waals surface area contributed by atoms with E-state index in [1.165, 1.54) is 25.7 Å². The van der Waals surface area contributed by atoms with Gasteiger partial charge in [0.25, 0.3) is 0 Å². The van der Waals surface area contributed by atoms with Crippen molar-refractivity contribution in [2.24, 2.45) is 16.3 Å². The Labute approximate surface area is 111 Å². The first-order valence-electron chi connectivity index (χ1n) is 6.84. The molecule has 5 heteroatoms. The van der Waals surface area contributed by atoms with Gasteiger partial charge in [0.2, 0.25) is 5.96 Å². The summed E-state index contributed by atoms with van der Waals surface area (Å²) in [6, 6.07) is 0.496. The second kappa shape index (κ2) is 7.59. The molecular weight excluding hydrogens is 228 g/mol. The maximum absolute atomic E-state index is 5.48. The van der Waals surface area contributed by atoms with Gasteiger partial charge in [0, 0.05) is 26.3 Å². The number of nitrogens with zero attached hydrogens (tertiary/aromatic N) is 1. The minimum atomic E-state index is 0.490. The maximum Gasteiger partial charge on any atom is 0.205 e. The van der Waals surface area contributed by atoms with E-state index in [0.717, 1.165) is 19.6 Å². The van der Waals surface area contributed by atoms with Gasteiger partial charge >= 0.3 is 0 Å². The van der Waals surface area contributed by atoms with Gasteiger partial charge in [0.1, 0.15) is 0 Å². The Bertz CT molecular complexity index is 256. The third kappa shape index (κ3) is 5.69. The summed E-state index contributed by atoms with van der Waals surface area (Å²) in [6.45, 7) is 6.14. The molecule has 0 aromatic rings. The lowest BCUT2D eigenvalue weighted by atomic mass is 9.76. The molecule has 1 aliphatic carbocycles. The maximum atomic E-state index is 5.48. The minimum absolute atomic E-state index is 0.490. The third-order valence-electron chi connectivity index (χ3n) is 3.59. The molecule has 1 rings (SSSR count). The number of ether oxygens (including phenoxy) is 1. The zero-order valence-corrected chi connectivity index (χ0v) is 12.0. The summed E-state index contributed by atoms with van der Waals surface area (Å²) in [7, 11) is 1.70. The normalized spacial score (nSPS) is 20.8. The van der Waals surface area contributed by atoms with Gasteiger partial charge in [-0.25, -0.2) is 5.84 Å². The molecular formula is C13H28N4O. The van der Waals surface area contributed by atoms with Crippen molar-refractivity contribution >= 4 is 5.96 Å². The predicted molar refractivity (Wildman–Crippen MR) is 75.3 cm³/mol. The summed E-state index contributed by atoms with van der Waals surface area (Å²) >= 11 is 0. The molecule has 106 valence electrons. The van der Waals surface area contributed by atoms with Crippen molar-refractivity contribution in [1.29, 1.82) is 0 Å². The molecule has 0 amide bonds. The molecule has 0 spiro atoms. The molecule has 1 saturated carbocycles. The Balaban J connectivity index is 2.30. The smallest absolute Gasteiger partial charge is 0.205 e. The van der Waals surface area contributed by atoms with E-state index in [1.807, 2.05) is 0 Å². The zero-order valence-electron chi connectivity index (χ0n) is 12.0. The number of nitrogens with two attached hydrogens (primary N) is 1. The number of aliphatic imine (C=N–C) groups is 1. The highest BCUT2D eigenvalue weighted by atomic mass is 16.5. The molecule has 0 aromatic carbocycles. The van der Waals surface area contributed by atoms with Gasteiger partial charge in [0.05, 0.1) is 0 Å². The van der Waals surface area contributed by atoms with Gasteiger partial charge in [-0.1, -0.05) is 13.8 Å². The third-order valence-corrected chi connectivity index (χ3v) is 3.59. The van der Waals surface area contributed by atoms with Crippen molar-refractivity contribution in [3.63, 3.8) is 0 Å². The highest BCUT2D eigenvalue weighted by Crippen LogP contribution is 2.34. The van der Waals surface area contributed by atoms with Crippen LogP contribution in [0.25, 0.3) is 0 Å². The number of rotatable bonds is 5. The monoisotopic (exact) mass is 256 g/mol. The molecule has 18 heavy (non-hydrogen) atoms. The fraction of sp³-hybridized carbons (Fsp3) is 0.923.